The molecule has 0 bridgehead atoms. The lowest BCUT2D eigenvalue weighted by molar-refractivity contribution is 0.0624. The molecule has 0 heteroatoms. The molecule has 0 aromatic rings. The molecule has 0 fully saturated rings. The van der Waals surface area contributed by atoms with Crippen molar-refractivity contribution in [1.29, 1.82) is 0 Å². The van der Waals surface area contributed by atoms with Crippen LogP contribution in [0.5, 0.6) is 0 Å². The Balaban J connectivity index is 4.78. The van der Waals surface area contributed by atoms with Crippen molar-refractivity contribution in [3.63, 3.8) is 0 Å². The standard InChI is InChI=1S/C14H30/c1-8-13(7)14(9-2,12(5)6)10-11(3)4/h11-13H,8-10H2,1-7H3. The summed E-state index contributed by atoms with van der Waals surface area (Å²) in [5.41, 5.74) is 0.572. The van der Waals surface area contributed by atoms with E-state index >= 15 is 0 Å². The Kier molecular flexibility index (Phi) is 5.78. The largest absolute Gasteiger partial charge is 0.0651 e. The Morgan fingerprint density at radius 2 is 1.43 bits per heavy atom. The number of rotatable bonds is 6. The van der Waals surface area contributed by atoms with Crippen molar-refractivity contribution in [3.8, 4) is 0 Å². The average molecular weight is 198 g/mol. The van der Waals surface area contributed by atoms with E-state index in [2.05, 4.69) is 48.5 Å². The lowest BCUT2D eigenvalue weighted by atomic mass is 9.62. The highest BCUT2D eigenvalue weighted by molar-refractivity contribution is 4.86. The summed E-state index contributed by atoms with van der Waals surface area (Å²) in [5, 5.41) is 0. The maximum absolute atomic E-state index is 2.44. The van der Waals surface area contributed by atoms with E-state index in [0.717, 1.165) is 17.8 Å². The van der Waals surface area contributed by atoms with Crippen molar-refractivity contribution in [1.82, 2.24) is 0 Å². The minimum atomic E-state index is 0.572. The number of hydrogen-bond donors (Lipinski definition) is 0. The van der Waals surface area contributed by atoms with Gasteiger partial charge in [0.15, 0.2) is 0 Å². The fourth-order valence-corrected chi connectivity index (χ4v) is 3.07. The quantitative estimate of drug-likeness (QED) is 0.555. The van der Waals surface area contributed by atoms with Crippen LogP contribution in [0.3, 0.4) is 0 Å². The SMILES string of the molecule is CCC(C)C(CC)(CC(C)C)C(C)C. The summed E-state index contributed by atoms with van der Waals surface area (Å²) in [6.45, 7) is 16.7. The van der Waals surface area contributed by atoms with Gasteiger partial charge in [-0.3, -0.25) is 0 Å². The molecule has 2 atom stereocenters. The molecule has 0 amide bonds. The Hall–Kier alpha value is 0. The third kappa shape index (κ3) is 3.00. The monoisotopic (exact) mass is 198 g/mol. The van der Waals surface area contributed by atoms with Gasteiger partial charge in [-0.05, 0) is 36.0 Å². The molecular weight excluding hydrogens is 168 g/mol. The molecule has 86 valence electrons. The van der Waals surface area contributed by atoms with Crippen molar-refractivity contribution >= 4 is 0 Å². The van der Waals surface area contributed by atoms with E-state index in [0.29, 0.717) is 5.41 Å². The smallest absolute Gasteiger partial charge is 0.0249 e. The van der Waals surface area contributed by atoms with Gasteiger partial charge in [0.25, 0.3) is 0 Å². The summed E-state index contributed by atoms with van der Waals surface area (Å²) in [5.74, 6) is 2.49. The highest BCUT2D eigenvalue weighted by Gasteiger charge is 2.36. The van der Waals surface area contributed by atoms with Crippen LogP contribution in [-0.2, 0) is 0 Å². The molecule has 0 aromatic carbocycles. The maximum Gasteiger partial charge on any atom is -0.0249 e. The fraction of sp³-hybridized carbons (Fsp3) is 1.00. The first-order valence-electron chi connectivity index (χ1n) is 6.40. The van der Waals surface area contributed by atoms with Crippen LogP contribution in [0.1, 0.15) is 67.7 Å². The van der Waals surface area contributed by atoms with Gasteiger partial charge in [-0.2, -0.15) is 0 Å². The second kappa shape index (κ2) is 5.78. The molecule has 0 aliphatic heterocycles. The molecule has 0 aromatic heterocycles. The van der Waals surface area contributed by atoms with Gasteiger partial charge >= 0.3 is 0 Å². The van der Waals surface area contributed by atoms with Crippen molar-refractivity contribution < 1.29 is 0 Å². The summed E-state index contributed by atoms with van der Waals surface area (Å²) in [4.78, 5) is 0. The molecule has 0 nitrogen and oxygen atoms in total. The topological polar surface area (TPSA) is 0 Å². The molecule has 2 unspecified atom stereocenters. The normalized spacial score (nSPS) is 18.6. The third-order valence-corrected chi connectivity index (χ3v) is 4.19. The van der Waals surface area contributed by atoms with E-state index in [1.807, 2.05) is 0 Å². The average Bonchev–Trinajstić information content (AvgIpc) is 2.12. The predicted octanol–water partition coefficient (Wildman–Crippen LogP) is 5.13. The van der Waals surface area contributed by atoms with Crippen LogP contribution in [0.25, 0.3) is 0 Å². The van der Waals surface area contributed by atoms with Crippen molar-refractivity contribution in [2.75, 3.05) is 0 Å². The molecular formula is C14H30. The van der Waals surface area contributed by atoms with Gasteiger partial charge in [-0.1, -0.05) is 54.9 Å². The van der Waals surface area contributed by atoms with Gasteiger partial charge in [-0.25, -0.2) is 0 Å². The van der Waals surface area contributed by atoms with E-state index in [-0.39, 0.29) is 0 Å². The molecule has 0 saturated carbocycles. The second-order valence-corrected chi connectivity index (χ2v) is 5.65. The van der Waals surface area contributed by atoms with Crippen LogP contribution in [0.15, 0.2) is 0 Å². The lowest BCUT2D eigenvalue weighted by Crippen LogP contribution is -2.35. The summed E-state index contributed by atoms with van der Waals surface area (Å²) in [6, 6.07) is 0. The van der Waals surface area contributed by atoms with Gasteiger partial charge in [0, 0.05) is 0 Å². The summed E-state index contributed by atoms with van der Waals surface area (Å²) >= 11 is 0. The Bertz CT molecular complexity index is 146. The molecule has 0 N–H and O–H groups in total. The second-order valence-electron chi connectivity index (χ2n) is 5.65. The van der Waals surface area contributed by atoms with Gasteiger partial charge in [0.2, 0.25) is 0 Å². The van der Waals surface area contributed by atoms with Crippen LogP contribution < -0.4 is 0 Å². The Morgan fingerprint density at radius 3 is 1.64 bits per heavy atom. The van der Waals surface area contributed by atoms with Gasteiger partial charge in [0.1, 0.15) is 0 Å². The van der Waals surface area contributed by atoms with E-state index in [1.54, 1.807) is 0 Å². The van der Waals surface area contributed by atoms with Crippen LogP contribution >= 0.6 is 0 Å². The van der Waals surface area contributed by atoms with E-state index in [1.165, 1.54) is 19.3 Å². The molecule has 0 saturated heterocycles. The van der Waals surface area contributed by atoms with E-state index in [9.17, 15) is 0 Å². The van der Waals surface area contributed by atoms with Gasteiger partial charge in [-0.15, -0.1) is 0 Å². The van der Waals surface area contributed by atoms with Crippen LogP contribution in [-0.4, -0.2) is 0 Å². The van der Waals surface area contributed by atoms with Crippen LogP contribution in [0.4, 0.5) is 0 Å². The summed E-state index contributed by atoms with van der Waals surface area (Å²) in [6.07, 6.45) is 4.03. The van der Waals surface area contributed by atoms with Crippen LogP contribution in [0.2, 0.25) is 0 Å². The molecule has 0 spiro atoms. The molecule has 0 aliphatic carbocycles. The lowest BCUT2D eigenvalue weighted by Gasteiger charge is -2.43. The molecule has 14 heavy (non-hydrogen) atoms. The molecule has 0 heterocycles. The molecule has 0 aliphatic rings. The molecule has 0 rings (SSSR count). The van der Waals surface area contributed by atoms with Crippen molar-refractivity contribution in [2.45, 2.75) is 67.7 Å². The first-order chi connectivity index (χ1) is 6.40. The van der Waals surface area contributed by atoms with E-state index < -0.39 is 0 Å². The highest BCUT2D eigenvalue weighted by atomic mass is 14.4. The zero-order valence-corrected chi connectivity index (χ0v) is 11.4. The fourth-order valence-electron chi connectivity index (χ4n) is 3.07. The predicted molar refractivity (Wildman–Crippen MR) is 66.5 cm³/mol. The maximum atomic E-state index is 2.44. The minimum absolute atomic E-state index is 0.572. The third-order valence-electron chi connectivity index (χ3n) is 4.19. The zero-order chi connectivity index (χ0) is 11.4. The van der Waals surface area contributed by atoms with Gasteiger partial charge < -0.3 is 0 Å². The highest BCUT2D eigenvalue weighted by Crippen LogP contribution is 2.45. The first-order valence-corrected chi connectivity index (χ1v) is 6.40. The summed E-state index contributed by atoms with van der Waals surface area (Å²) < 4.78 is 0. The zero-order valence-electron chi connectivity index (χ0n) is 11.4. The Morgan fingerprint density at radius 1 is 0.929 bits per heavy atom. The molecule has 0 radical (unpaired) electrons. The van der Waals surface area contributed by atoms with Crippen molar-refractivity contribution in [2.24, 2.45) is 23.2 Å². The van der Waals surface area contributed by atoms with Crippen LogP contribution in [0, 0.1) is 23.2 Å². The first kappa shape index (κ1) is 14.0. The van der Waals surface area contributed by atoms with E-state index in [4.69, 9.17) is 0 Å². The van der Waals surface area contributed by atoms with Crippen molar-refractivity contribution in [3.05, 3.63) is 0 Å². The Labute approximate surface area is 91.5 Å². The number of hydrogen-bond acceptors (Lipinski definition) is 0. The van der Waals surface area contributed by atoms with Gasteiger partial charge in [0.05, 0.1) is 0 Å². The minimum Gasteiger partial charge on any atom is -0.0651 e. The summed E-state index contributed by atoms with van der Waals surface area (Å²) in [7, 11) is 0.